The van der Waals surface area contributed by atoms with Crippen LogP contribution in [0.2, 0.25) is 0 Å². The largest absolute Gasteiger partial charge is 0.384 e. The Hall–Kier alpha value is -0.890. The van der Waals surface area contributed by atoms with Gasteiger partial charge in [0.1, 0.15) is 11.4 Å². The van der Waals surface area contributed by atoms with Gasteiger partial charge in [-0.2, -0.15) is 0 Å². The van der Waals surface area contributed by atoms with Crippen LogP contribution in [0.4, 0.5) is 4.39 Å². The van der Waals surface area contributed by atoms with Crippen LogP contribution >= 0.6 is 24.0 Å². The van der Waals surface area contributed by atoms with Crippen LogP contribution in [0, 0.1) is 5.82 Å². The minimum atomic E-state index is -1.12. The first-order valence-electron chi connectivity index (χ1n) is 6.11. The van der Waals surface area contributed by atoms with Crippen molar-refractivity contribution in [2.75, 3.05) is 34.7 Å². The molecule has 0 saturated carbocycles. The maximum Gasteiger partial charge on any atom is 0.195 e. The smallest absolute Gasteiger partial charge is 0.195 e. The molecule has 1 aromatic rings. The highest BCUT2D eigenvalue weighted by Gasteiger charge is 2.23. The normalized spacial score (nSPS) is 12.9. The van der Waals surface area contributed by atoms with Gasteiger partial charge < -0.3 is 14.9 Å². The van der Waals surface area contributed by atoms with Gasteiger partial charge in [-0.1, -0.05) is 12.1 Å². The van der Waals surface area contributed by atoms with Crippen LogP contribution in [-0.2, 0) is 5.60 Å². The molecule has 114 valence electrons. The SMILES string of the molecule is CN(C)C(=NCC(C)(O)c1ccc(F)cc1)N(C)C.I. The van der Waals surface area contributed by atoms with Gasteiger partial charge >= 0.3 is 0 Å². The molecule has 0 amide bonds. The number of aliphatic imine (C=N–C) groups is 1. The van der Waals surface area contributed by atoms with E-state index in [9.17, 15) is 9.50 Å². The summed E-state index contributed by atoms with van der Waals surface area (Å²) >= 11 is 0. The lowest BCUT2D eigenvalue weighted by molar-refractivity contribution is 0.0668. The molecular weight excluding hydrogens is 372 g/mol. The van der Waals surface area contributed by atoms with E-state index in [0.29, 0.717) is 5.56 Å². The summed E-state index contributed by atoms with van der Waals surface area (Å²) in [6.07, 6.45) is 0. The molecule has 0 spiro atoms. The second-order valence-electron chi connectivity index (χ2n) is 5.19. The summed E-state index contributed by atoms with van der Waals surface area (Å²) in [5, 5.41) is 10.4. The second-order valence-corrected chi connectivity index (χ2v) is 5.19. The Balaban J connectivity index is 0.00000361. The third kappa shape index (κ3) is 5.24. The van der Waals surface area contributed by atoms with E-state index >= 15 is 0 Å². The van der Waals surface area contributed by atoms with Gasteiger partial charge in [-0.15, -0.1) is 24.0 Å². The first-order valence-corrected chi connectivity index (χ1v) is 6.11. The number of hydrogen-bond donors (Lipinski definition) is 1. The summed E-state index contributed by atoms with van der Waals surface area (Å²) in [5.74, 6) is 0.452. The average molecular weight is 395 g/mol. The molecule has 1 aromatic carbocycles. The second kappa shape index (κ2) is 7.78. The highest BCUT2D eigenvalue weighted by molar-refractivity contribution is 14.0. The van der Waals surface area contributed by atoms with E-state index in [2.05, 4.69) is 4.99 Å². The van der Waals surface area contributed by atoms with Crippen LogP contribution < -0.4 is 0 Å². The first-order chi connectivity index (χ1) is 8.74. The number of guanidine groups is 1. The van der Waals surface area contributed by atoms with Crippen molar-refractivity contribution in [3.05, 3.63) is 35.6 Å². The standard InChI is InChI=1S/C14H22FN3O.HI/c1-14(19,11-6-8-12(15)9-7-11)10-16-13(17(2)3)18(4)5;/h6-9,19H,10H2,1-5H3;1H. The van der Waals surface area contributed by atoms with Crippen LogP contribution in [0.25, 0.3) is 0 Å². The van der Waals surface area contributed by atoms with Crippen molar-refractivity contribution in [3.63, 3.8) is 0 Å². The Morgan fingerprint density at radius 3 is 2.00 bits per heavy atom. The summed E-state index contributed by atoms with van der Waals surface area (Å²) in [7, 11) is 7.58. The quantitative estimate of drug-likeness (QED) is 0.484. The molecule has 0 fully saturated rings. The highest BCUT2D eigenvalue weighted by Crippen LogP contribution is 2.21. The molecule has 1 atom stereocenters. The molecule has 0 saturated heterocycles. The van der Waals surface area contributed by atoms with Crippen LogP contribution in [0.1, 0.15) is 12.5 Å². The lowest BCUT2D eigenvalue weighted by atomic mass is 9.96. The van der Waals surface area contributed by atoms with E-state index in [-0.39, 0.29) is 36.3 Å². The fourth-order valence-corrected chi connectivity index (χ4v) is 1.81. The molecule has 1 rings (SSSR count). The predicted molar refractivity (Wildman–Crippen MR) is 91.1 cm³/mol. The zero-order valence-corrected chi connectivity index (χ0v) is 14.9. The van der Waals surface area contributed by atoms with E-state index < -0.39 is 5.60 Å². The third-order valence-corrected chi connectivity index (χ3v) is 2.79. The van der Waals surface area contributed by atoms with Gasteiger partial charge in [-0.3, -0.25) is 0 Å². The van der Waals surface area contributed by atoms with Crippen molar-refractivity contribution in [1.29, 1.82) is 0 Å². The molecule has 0 heterocycles. The Kier molecular flexibility index (Phi) is 7.43. The molecule has 1 unspecified atom stereocenters. The number of nitrogens with zero attached hydrogens (tertiary/aromatic N) is 3. The van der Waals surface area contributed by atoms with E-state index in [4.69, 9.17) is 0 Å². The lowest BCUT2D eigenvalue weighted by Gasteiger charge is -2.26. The molecule has 1 N–H and O–H groups in total. The van der Waals surface area contributed by atoms with Crippen LogP contribution in [0.5, 0.6) is 0 Å². The summed E-state index contributed by atoms with van der Waals surface area (Å²) < 4.78 is 12.9. The van der Waals surface area contributed by atoms with E-state index in [1.807, 2.05) is 38.0 Å². The molecule has 0 aliphatic carbocycles. The summed E-state index contributed by atoms with van der Waals surface area (Å²) in [4.78, 5) is 8.17. The van der Waals surface area contributed by atoms with Crippen LogP contribution in [0.15, 0.2) is 29.3 Å². The van der Waals surface area contributed by atoms with Crippen molar-refractivity contribution < 1.29 is 9.50 Å². The van der Waals surface area contributed by atoms with Gasteiger partial charge in [0.2, 0.25) is 0 Å². The first kappa shape index (κ1) is 19.1. The summed E-state index contributed by atoms with van der Waals surface area (Å²) in [6, 6.07) is 5.84. The summed E-state index contributed by atoms with van der Waals surface area (Å²) in [5.41, 5.74) is -0.472. The Morgan fingerprint density at radius 1 is 1.15 bits per heavy atom. The summed E-state index contributed by atoms with van der Waals surface area (Å²) in [6.45, 7) is 1.89. The minimum Gasteiger partial charge on any atom is -0.384 e. The fourth-order valence-electron chi connectivity index (χ4n) is 1.81. The fraction of sp³-hybridized carbons (Fsp3) is 0.500. The van der Waals surface area contributed by atoms with Gasteiger partial charge in [-0.05, 0) is 24.6 Å². The molecule has 0 aliphatic rings. The third-order valence-electron chi connectivity index (χ3n) is 2.79. The maximum atomic E-state index is 12.9. The van der Waals surface area contributed by atoms with E-state index in [0.717, 1.165) is 5.96 Å². The van der Waals surface area contributed by atoms with Gasteiger partial charge in [0, 0.05) is 28.2 Å². The monoisotopic (exact) mass is 395 g/mol. The van der Waals surface area contributed by atoms with Gasteiger partial charge in [0.25, 0.3) is 0 Å². The van der Waals surface area contributed by atoms with Crippen molar-refractivity contribution in [1.82, 2.24) is 9.80 Å². The molecule has 0 aromatic heterocycles. The van der Waals surface area contributed by atoms with E-state index in [1.165, 1.54) is 12.1 Å². The number of aliphatic hydroxyl groups is 1. The molecule has 20 heavy (non-hydrogen) atoms. The van der Waals surface area contributed by atoms with Crippen LogP contribution in [-0.4, -0.2) is 55.6 Å². The van der Waals surface area contributed by atoms with Crippen molar-refractivity contribution >= 4 is 29.9 Å². The van der Waals surface area contributed by atoms with E-state index in [1.54, 1.807) is 19.1 Å². The van der Waals surface area contributed by atoms with Crippen molar-refractivity contribution in [3.8, 4) is 0 Å². The predicted octanol–water partition coefficient (Wildman–Crippen LogP) is 2.13. The maximum absolute atomic E-state index is 12.9. The molecule has 6 heteroatoms. The Bertz CT molecular complexity index is 434. The van der Waals surface area contributed by atoms with Gasteiger partial charge in [-0.25, -0.2) is 9.38 Å². The number of halogens is 2. The number of rotatable bonds is 3. The van der Waals surface area contributed by atoms with Crippen molar-refractivity contribution in [2.24, 2.45) is 4.99 Å². The zero-order chi connectivity index (χ0) is 14.6. The van der Waals surface area contributed by atoms with Crippen molar-refractivity contribution in [2.45, 2.75) is 12.5 Å². The topological polar surface area (TPSA) is 39.1 Å². The molecule has 0 radical (unpaired) electrons. The zero-order valence-electron chi connectivity index (χ0n) is 12.6. The number of hydrogen-bond acceptors (Lipinski definition) is 2. The average Bonchev–Trinajstić information content (AvgIpc) is 2.28. The lowest BCUT2D eigenvalue weighted by Crippen LogP contribution is -2.37. The Labute approximate surface area is 137 Å². The molecule has 4 nitrogen and oxygen atoms in total. The highest BCUT2D eigenvalue weighted by atomic mass is 127. The molecular formula is C14H23FIN3O. The van der Waals surface area contributed by atoms with Gasteiger partial charge in [0.15, 0.2) is 5.96 Å². The molecule has 0 bridgehead atoms. The van der Waals surface area contributed by atoms with Crippen LogP contribution in [0.3, 0.4) is 0 Å². The minimum absolute atomic E-state index is 0. The Morgan fingerprint density at radius 2 is 1.60 bits per heavy atom. The molecule has 0 aliphatic heterocycles. The van der Waals surface area contributed by atoms with Gasteiger partial charge in [0.05, 0.1) is 6.54 Å². The number of benzene rings is 1.